The van der Waals surface area contributed by atoms with Gasteiger partial charge in [0.1, 0.15) is 0 Å². The first-order valence-corrected chi connectivity index (χ1v) is 5.00. The van der Waals surface area contributed by atoms with Crippen LogP contribution in [0.25, 0.3) is 0 Å². The minimum atomic E-state index is -0.214. The van der Waals surface area contributed by atoms with Crippen molar-refractivity contribution in [2.45, 2.75) is 38.7 Å². The van der Waals surface area contributed by atoms with Crippen molar-refractivity contribution in [1.82, 2.24) is 0 Å². The van der Waals surface area contributed by atoms with Crippen LogP contribution < -0.4 is 0 Å². The lowest BCUT2D eigenvalue weighted by molar-refractivity contribution is 0.180. The van der Waals surface area contributed by atoms with Crippen LogP contribution in [0.2, 0.25) is 0 Å². The summed E-state index contributed by atoms with van der Waals surface area (Å²) in [6.07, 6.45) is 1.73. The molecule has 0 amide bonds. The lowest BCUT2D eigenvalue weighted by atomic mass is 9.95. The Hall–Kier alpha value is -0.820. The second-order valence-corrected chi connectivity index (χ2v) is 4.12. The van der Waals surface area contributed by atoms with E-state index >= 15 is 0 Å². The van der Waals surface area contributed by atoms with Crippen LogP contribution in [0, 0.1) is 0 Å². The largest absolute Gasteiger partial charge is 0.388 e. The molecule has 0 spiro atoms. The molecule has 0 unspecified atom stereocenters. The molecule has 1 aliphatic carbocycles. The van der Waals surface area contributed by atoms with Gasteiger partial charge >= 0.3 is 0 Å². The molecule has 1 aromatic rings. The Morgan fingerprint density at radius 2 is 2.15 bits per heavy atom. The molecule has 1 atom stereocenters. The third-order valence-corrected chi connectivity index (χ3v) is 2.90. The van der Waals surface area contributed by atoms with Crippen LogP contribution in [-0.2, 0) is 6.42 Å². The number of benzene rings is 1. The zero-order chi connectivity index (χ0) is 9.42. The molecule has 70 valence electrons. The maximum Gasteiger partial charge on any atom is 0.0796 e. The molecule has 0 bridgehead atoms. The van der Waals surface area contributed by atoms with Gasteiger partial charge in [-0.2, -0.15) is 0 Å². The molecule has 1 N–H and O–H groups in total. The van der Waals surface area contributed by atoms with E-state index in [1.54, 1.807) is 0 Å². The monoisotopic (exact) mass is 176 g/mol. The van der Waals surface area contributed by atoms with Gasteiger partial charge in [-0.3, -0.25) is 0 Å². The quantitative estimate of drug-likeness (QED) is 0.697. The second kappa shape index (κ2) is 3.15. The first-order valence-electron chi connectivity index (χ1n) is 5.00. The van der Waals surface area contributed by atoms with E-state index in [1.807, 2.05) is 0 Å². The summed E-state index contributed by atoms with van der Waals surface area (Å²) in [5, 5.41) is 9.69. The third-order valence-electron chi connectivity index (χ3n) is 2.90. The van der Waals surface area contributed by atoms with Gasteiger partial charge in [0, 0.05) is 0 Å². The summed E-state index contributed by atoms with van der Waals surface area (Å²) in [7, 11) is 0. The minimum absolute atomic E-state index is 0.214. The predicted molar refractivity (Wildman–Crippen MR) is 53.8 cm³/mol. The zero-order valence-electron chi connectivity index (χ0n) is 8.25. The standard InChI is InChI=1S/C12H16O/c1-8(2)9-4-3-5-11-10(9)6-7-12(11)13/h3-5,8,12-13H,6-7H2,1-2H3/t12-/m0/s1. The summed E-state index contributed by atoms with van der Waals surface area (Å²) in [5.41, 5.74) is 3.96. The first-order chi connectivity index (χ1) is 6.20. The average molecular weight is 176 g/mol. The SMILES string of the molecule is CC(C)c1cccc2c1CC[C@@H]2O. The summed E-state index contributed by atoms with van der Waals surface area (Å²) in [5.74, 6) is 0.570. The lowest BCUT2D eigenvalue weighted by Gasteiger charge is -2.11. The number of hydrogen-bond donors (Lipinski definition) is 1. The molecule has 1 aromatic carbocycles. The smallest absolute Gasteiger partial charge is 0.0796 e. The van der Waals surface area contributed by atoms with Gasteiger partial charge < -0.3 is 5.11 Å². The van der Waals surface area contributed by atoms with Crippen LogP contribution >= 0.6 is 0 Å². The number of hydrogen-bond acceptors (Lipinski definition) is 1. The van der Waals surface area contributed by atoms with Gasteiger partial charge in [-0.1, -0.05) is 32.0 Å². The van der Waals surface area contributed by atoms with E-state index in [9.17, 15) is 5.11 Å². The average Bonchev–Trinajstić information content (AvgIpc) is 2.48. The first kappa shape index (κ1) is 8.76. The Morgan fingerprint density at radius 1 is 1.38 bits per heavy atom. The van der Waals surface area contributed by atoms with Gasteiger partial charge in [0.2, 0.25) is 0 Å². The topological polar surface area (TPSA) is 20.2 Å². The molecular weight excluding hydrogens is 160 g/mol. The van der Waals surface area contributed by atoms with Gasteiger partial charge in [-0.15, -0.1) is 0 Å². The Kier molecular flexibility index (Phi) is 2.12. The van der Waals surface area contributed by atoms with E-state index in [-0.39, 0.29) is 6.10 Å². The van der Waals surface area contributed by atoms with Crippen molar-refractivity contribution in [3.63, 3.8) is 0 Å². The highest BCUT2D eigenvalue weighted by molar-refractivity contribution is 5.41. The molecule has 0 radical (unpaired) electrons. The molecule has 0 aromatic heterocycles. The number of rotatable bonds is 1. The lowest BCUT2D eigenvalue weighted by Crippen LogP contribution is -1.96. The Bertz CT molecular complexity index is 315. The van der Waals surface area contributed by atoms with Crippen molar-refractivity contribution in [3.8, 4) is 0 Å². The molecule has 1 nitrogen and oxygen atoms in total. The van der Waals surface area contributed by atoms with Crippen molar-refractivity contribution in [2.24, 2.45) is 0 Å². The van der Waals surface area contributed by atoms with Gasteiger partial charge in [-0.25, -0.2) is 0 Å². The molecular formula is C12H16O. The van der Waals surface area contributed by atoms with E-state index < -0.39 is 0 Å². The number of aliphatic hydroxyl groups is 1. The van der Waals surface area contributed by atoms with Gasteiger partial charge in [0.15, 0.2) is 0 Å². The van der Waals surface area contributed by atoms with Crippen LogP contribution in [-0.4, -0.2) is 5.11 Å². The molecule has 0 aliphatic heterocycles. The molecule has 0 heterocycles. The third kappa shape index (κ3) is 1.37. The number of aliphatic hydroxyl groups excluding tert-OH is 1. The van der Waals surface area contributed by atoms with Crippen LogP contribution in [0.1, 0.15) is 49.0 Å². The fourth-order valence-corrected chi connectivity index (χ4v) is 2.20. The Morgan fingerprint density at radius 3 is 2.85 bits per heavy atom. The van der Waals surface area contributed by atoms with Crippen molar-refractivity contribution >= 4 is 0 Å². The highest BCUT2D eigenvalue weighted by Crippen LogP contribution is 2.35. The van der Waals surface area contributed by atoms with Gasteiger partial charge in [-0.05, 0) is 35.4 Å². The number of fused-ring (bicyclic) bond motifs is 1. The normalized spacial score (nSPS) is 20.8. The van der Waals surface area contributed by atoms with E-state index in [0.29, 0.717) is 5.92 Å². The van der Waals surface area contributed by atoms with Gasteiger partial charge in [0.25, 0.3) is 0 Å². The molecule has 0 saturated heterocycles. The summed E-state index contributed by atoms with van der Waals surface area (Å²) < 4.78 is 0. The second-order valence-electron chi connectivity index (χ2n) is 4.12. The summed E-state index contributed by atoms with van der Waals surface area (Å²) in [6, 6.07) is 6.29. The maximum absolute atomic E-state index is 9.69. The molecule has 2 rings (SSSR count). The summed E-state index contributed by atoms with van der Waals surface area (Å²) in [6.45, 7) is 4.42. The molecule has 13 heavy (non-hydrogen) atoms. The maximum atomic E-state index is 9.69. The Balaban J connectivity index is 2.51. The molecule has 1 heteroatoms. The predicted octanol–water partition coefficient (Wildman–Crippen LogP) is 2.79. The fourth-order valence-electron chi connectivity index (χ4n) is 2.20. The van der Waals surface area contributed by atoms with Crippen molar-refractivity contribution in [3.05, 3.63) is 34.9 Å². The zero-order valence-corrected chi connectivity index (χ0v) is 8.25. The van der Waals surface area contributed by atoms with E-state index in [0.717, 1.165) is 18.4 Å². The van der Waals surface area contributed by atoms with Crippen molar-refractivity contribution in [1.29, 1.82) is 0 Å². The highest BCUT2D eigenvalue weighted by atomic mass is 16.3. The molecule has 0 saturated carbocycles. The van der Waals surface area contributed by atoms with Crippen molar-refractivity contribution in [2.75, 3.05) is 0 Å². The van der Waals surface area contributed by atoms with Crippen LogP contribution in [0.5, 0.6) is 0 Å². The van der Waals surface area contributed by atoms with Crippen LogP contribution in [0.4, 0.5) is 0 Å². The summed E-state index contributed by atoms with van der Waals surface area (Å²) in [4.78, 5) is 0. The van der Waals surface area contributed by atoms with E-state index in [2.05, 4.69) is 32.0 Å². The highest BCUT2D eigenvalue weighted by Gasteiger charge is 2.22. The minimum Gasteiger partial charge on any atom is -0.388 e. The van der Waals surface area contributed by atoms with Crippen molar-refractivity contribution < 1.29 is 5.11 Å². The van der Waals surface area contributed by atoms with Gasteiger partial charge in [0.05, 0.1) is 6.10 Å². The summed E-state index contributed by atoms with van der Waals surface area (Å²) >= 11 is 0. The Labute approximate surface area is 79.4 Å². The van der Waals surface area contributed by atoms with Crippen LogP contribution in [0.3, 0.4) is 0 Å². The molecule has 1 aliphatic rings. The van der Waals surface area contributed by atoms with Crippen LogP contribution in [0.15, 0.2) is 18.2 Å². The molecule has 0 fully saturated rings. The van der Waals surface area contributed by atoms with E-state index in [1.165, 1.54) is 11.1 Å². The van der Waals surface area contributed by atoms with E-state index in [4.69, 9.17) is 0 Å². The fraction of sp³-hybridized carbons (Fsp3) is 0.500.